The second-order valence-corrected chi connectivity index (χ2v) is 6.10. The van der Waals surface area contributed by atoms with Gasteiger partial charge in [0, 0.05) is 13.0 Å². The minimum absolute atomic E-state index is 0.0488. The first kappa shape index (κ1) is 16.5. The Hall–Kier alpha value is -2.33. The maximum Gasteiger partial charge on any atom is 0.227 e. The molecule has 4 heteroatoms. The molecule has 0 aliphatic carbocycles. The highest BCUT2D eigenvalue weighted by molar-refractivity contribution is 5.83. The number of ether oxygens (including phenoxy) is 1. The predicted octanol–water partition coefficient (Wildman–Crippen LogP) is 2.96. The number of benzene rings is 2. The number of fused-ring (bicyclic) bond motifs is 1. The van der Waals surface area contributed by atoms with Gasteiger partial charge in [0.15, 0.2) is 0 Å². The number of carbonyl (C=O) groups is 1. The molecule has 2 aromatic carbocycles. The molecule has 2 N–H and O–H groups in total. The first-order valence-electron chi connectivity index (χ1n) is 8.45. The predicted molar refractivity (Wildman–Crippen MR) is 93.1 cm³/mol. The largest absolute Gasteiger partial charge is 0.493 e. The van der Waals surface area contributed by atoms with E-state index in [1.807, 2.05) is 55.5 Å². The molecule has 0 spiro atoms. The van der Waals surface area contributed by atoms with Crippen molar-refractivity contribution in [3.8, 4) is 5.75 Å². The minimum Gasteiger partial charge on any atom is -0.493 e. The van der Waals surface area contributed by atoms with Crippen molar-refractivity contribution in [1.82, 2.24) is 5.32 Å². The zero-order chi connectivity index (χ0) is 16.9. The monoisotopic (exact) mass is 325 g/mol. The van der Waals surface area contributed by atoms with Gasteiger partial charge in [-0.25, -0.2) is 0 Å². The lowest BCUT2D eigenvalue weighted by Crippen LogP contribution is -2.32. The van der Waals surface area contributed by atoms with Crippen molar-refractivity contribution in [1.29, 1.82) is 0 Å². The van der Waals surface area contributed by atoms with Crippen LogP contribution in [0, 0.1) is 0 Å². The van der Waals surface area contributed by atoms with Crippen LogP contribution in [-0.2, 0) is 11.2 Å². The van der Waals surface area contributed by atoms with Gasteiger partial charge in [0.05, 0.1) is 18.6 Å². The molecule has 126 valence electrons. The highest BCUT2D eigenvalue weighted by atomic mass is 16.5. The number of aliphatic hydroxyl groups is 1. The van der Waals surface area contributed by atoms with Gasteiger partial charge >= 0.3 is 0 Å². The van der Waals surface area contributed by atoms with E-state index in [4.69, 9.17) is 4.74 Å². The van der Waals surface area contributed by atoms with Crippen LogP contribution in [0.4, 0.5) is 0 Å². The third-order valence-corrected chi connectivity index (χ3v) is 4.49. The molecule has 0 saturated heterocycles. The van der Waals surface area contributed by atoms with E-state index in [0.29, 0.717) is 6.61 Å². The van der Waals surface area contributed by atoms with Crippen LogP contribution in [0.3, 0.4) is 0 Å². The number of carbonyl (C=O) groups excluding carboxylic acids is 1. The molecule has 0 bridgehead atoms. The topological polar surface area (TPSA) is 58.6 Å². The van der Waals surface area contributed by atoms with Crippen molar-refractivity contribution in [2.75, 3.05) is 13.2 Å². The van der Waals surface area contributed by atoms with E-state index < -0.39 is 6.10 Å². The van der Waals surface area contributed by atoms with Crippen LogP contribution in [-0.4, -0.2) is 24.2 Å². The number of hydrogen-bond donors (Lipinski definition) is 2. The maximum absolute atomic E-state index is 12.5. The Bertz CT molecular complexity index is 699. The fourth-order valence-corrected chi connectivity index (χ4v) is 3.11. The van der Waals surface area contributed by atoms with Crippen LogP contribution in [0.25, 0.3) is 0 Å². The van der Waals surface area contributed by atoms with E-state index in [9.17, 15) is 9.90 Å². The summed E-state index contributed by atoms with van der Waals surface area (Å²) in [7, 11) is 0. The van der Waals surface area contributed by atoms with Crippen molar-refractivity contribution < 1.29 is 14.6 Å². The summed E-state index contributed by atoms with van der Waals surface area (Å²) in [6, 6.07) is 15.5. The summed E-state index contributed by atoms with van der Waals surface area (Å²) in [5.74, 6) is 0.657. The van der Waals surface area contributed by atoms with Gasteiger partial charge in [-0.2, -0.15) is 0 Å². The Morgan fingerprint density at radius 2 is 2.00 bits per heavy atom. The zero-order valence-electron chi connectivity index (χ0n) is 13.9. The minimum atomic E-state index is -0.715. The molecule has 0 fully saturated rings. The number of nitrogens with one attached hydrogen (secondary N) is 1. The summed E-state index contributed by atoms with van der Waals surface area (Å²) in [6.07, 6.45) is 0.879. The first-order chi connectivity index (χ1) is 11.7. The van der Waals surface area contributed by atoms with Crippen LogP contribution in [0.5, 0.6) is 5.75 Å². The summed E-state index contributed by atoms with van der Waals surface area (Å²) in [6.45, 7) is 2.90. The Morgan fingerprint density at radius 3 is 2.75 bits per heavy atom. The molecular formula is C20H23NO3. The molecule has 0 unspecified atom stereocenters. The maximum atomic E-state index is 12.5. The van der Waals surface area contributed by atoms with Gasteiger partial charge in [0.1, 0.15) is 5.75 Å². The number of amides is 1. The smallest absolute Gasteiger partial charge is 0.227 e. The second-order valence-electron chi connectivity index (χ2n) is 6.10. The summed E-state index contributed by atoms with van der Waals surface area (Å²) in [5, 5.41) is 13.2. The fraction of sp³-hybridized carbons (Fsp3) is 0.350. The van der Waals surface area contributed by atoms with Crippen LogP contribution in [0.2, 0.25) is 0 Å². The molecule has 0 radical (unpaired) electrons. The third-order valence-electron chi connectivity index (χ3n) is 4.49. The molecule has 1 aliphatic rings. The second kappa shape index (κ2) is 7.49. The molecule has 2 atom stereocenters. The normalized spacial score (nSPS) is 15.2. The fourth-order valence-electron chi connectivity index (χ4n) is 3.11. The quantitative estimate of drug-likeness (QED) is 0.858. The van der Waals surface area contributed by atoms with Crippen molar-refractivity contribution in [3.05, 3.63) is 65.2 Å². The lowest BCUT2D eigenvalue weighted by molar-refractivity contribution is -0.123. The number of rotatable bonds is 6. The molecule has 0 saturated carbocycles. The van der Waals surface area contributed by atoms with E-state index in [-0.39, 0.29) is 18.4 Å². The van der Waals surface area contributed by atoms with Gasteiger partial charge in [0.2, 0.25) is 5.91 Å². The summed E-state index contributed by atoms with van der Waals surface area (Å²) >= 11 is 0. The molecular weight excluding hydrogens is 302 g/mol. The number of hydrogen-bond acceptors (Lipinski definition) is 3. The molecule has 0 aromatic heterocycles. The summed E-state index contributed by atoms with van der Waals surface area (Å²) in [4.78, 5) is 12.5. The average molecular weight is 325 g/mol. The van der Waals surface area contributed by atoms with Crippen LogP contribution >= 0.6 is 0 Å². The standard InChI is InChI=1S/C20H23NO3/c1-2-17(14-6-4-3-5-7-14)20(23)21-13-18(22)15-8-9-19-16(12-15)10-11-24-19/h3-9,12,17-18,22H,2,10-11,13H2,1H3,(H,21,23)/t17-,18+/m1/s1. The Balaban J connectivity index is 1.61. The molecule has 4 nitrogen and oxygen atoms in total. The van der Waals surface area contributed by atoms with E-state index in [1.165, 1.54) is 0 Å². The Labute approximate surface area is 142 Å². The van der Waals surface area contributed by atoms with Crippen molar-refractivity contribution >= 4 is 5.91 Å². The van der Waals surface area contributed by atoms with E-state index in [2.05, 4.69) is 5.32 Å². The van der Waals surface area contributed by atoms with E-state index >= 15 is 0 Å². The lowest BCUT2D eigenvalue weighted by atomic mass is 9.95. The average Bonchev–Trinajstić information content (AvgIpc) is 3.09. The Morgan fingerprint density at radius 1 is 1.21 bits per heavy atom. The molecule has 1 aliphatic heterocycles. The SMILES string of the molecule is CC[C@@H](C(=O)NC[C@H](O)c1ccc2c(c1)CCO2)c1ccccc1. The van der Waals surface area contributed by atoms with Crippen molar-refractivity contribution in [2.45, 2.75) is 31.8 Å². The molecule has 24 heavy (non-hydrogen) atoms. The van der Waals surface area contributed by atoms with E-state index in [1.54, 1.807) is 0 Å². The lowest BCUT2D eigenvalue weighted by Gasteiger charge is -2.18. The van der Waals surface area contributed by atoms with Gasteiger partial charge in [-0.15, -0.1) is 0 Å². The highest BCUT2D eigenvalue weighted by Gasteiger charge is 2.20. The summed E-state index contributed by atoms with van der Waals surface area (Å²) in [5.41, 5.74) is 2.93. The van der Waals surface area contributed by atoms with Crippen molar-refractivity contribution in [2.24, 2.45) is 0 Å². The number of aliphatic hydroxyl groups excluding tert-OH is 1. The first-order valence-corrected chi connectivity index (χ1v) is 8.45. The van der Waals surface area contributed by atoms with Gasteiger partial charge in [-0.1, -0.05) is 43.3 Å². The molecule has 3 rings (SSSR count). The molecule has 1 heterocycles. The highest BCUT2D eigenvalue weighted by Crippen LogP contribution is 2.28. The summed E-state index contributed by atoms with van der Waals surface area (Å²) < 4.78 is 5.48. The van der Waals surface area contributed by atoms with E-state index in [0.717, 1.165) is 35.3 Å². The third kappa shape index (κ3) is 3.60. The van der Waals surface area contributed by atoms with Crippen LogP contribution in [0.15, 0.2) is 48.5 Å². The van der Waals surface area contributed by atoms with Crippen LogP contribution < -0.4 is 10.1 Å². The van der Waals surface area contributed by atoms with Gasteiger partial charge in [-0.05, 0) is 35.2 Å². The zero-order valence-corrected chi connectivity index (χ0v) is 13.9. The molecule has 2 aromatic rings. The van der Waals surface area contributed by atoms with Gasteiger partial charge in [0.25, 0.3) is 0 Å². The van der Waals surface area contributed by atoms with Crippen molar-refractivity contribution in [3.63, 3.8) is 0 Å². The van der Waals surface area contributed by atoms with Gasteiger partial charge < -0.3 is 15.2 Å². The van der Waals surface area contributed by atoms with Gasteiger partial charge in [-0.3, -0.25) is 4.79 Å². The van der Waals surface area contributed by atoms with Crippen LogP contribution in [0.1, 0.15) is 42.1 Å². The Kier molecular flexibility index (Phi) is 5.16. The molecule has 1 amide bonds.